The van der Waals surface area contributed by atoms with Crippen LogP contribution in [0.15, 0.2) is 89.5 Å². The van der Waals surface area contributed by atoms with E-state index in [-0.39, 0.29) is 34.2 Å². The van der Waals surface area contributed by atoms with Crippen molar-refractivity contribution in [2.45, 2.75) is 24.3 Å². The Morgan fingerprint density at radius 2 is 1.71 bits per heavy atom. The molecule has 5 nitrogen and oxygen atoms in total. The van der Waals surface area contributed by atoms with Crippen LogP contribution < -0.4 is 10.2 Å². The predicted molar refractivity (Wildman–Crippen MR) is 141 cm³/mol. The van der Waals surface area contributed by atoms with Crippen LogP contribution in [0.25, 0.3) is 0 Å². The number of carbonyl (C=O) groups excluding carboxylic acids is 2. The lowest BCUT2D eigenvalue weighted by atomic mass is 10.0. The summed E-state index contributed by atoms with van der Waals surface area (Å²) in [4.78, 5) is 27.8. The smallest absolute Gasteiger partial charge is 0.351 e. The molecule has 0 unspecified atom stereocenters. The average molecular weight is 556 g/mol. The van der Waals surface area contributed by atoms with Crippen LogP contribution in [0.5, 0.6) is 0 Å². The summed E-state index contributed by atoms with van der Waals surface area (Å²) in [5, 5.41) is 11.8. The van der Waals surface area contributed by atoms with Gasteiger partial charge in [0.2, 0.25) is 5.91 Å². The molecule has 1 N–H and O–H groups in total. The van der Waals surface area contributed by atoms with E-state index in [1.807, 2.05) is 36.4 Å². The largest absolute Gasteiger partial charge is 0.416 e. The third kappa shape index (κ3) is 6.21. The van der Waals surface area contributed by atoms with E-state index in [0.29, 0.717) is 12.1 Å². The zero-order valence-electron chi connectivity index (χ0n) is 19.8. The van der Waals surface area contributed by atoms with Crippen LogP contribution in [0.4, 0.5) is 18.9 Å². The van der Waals surface area contributed by atoms with Gasteiger partial charge in [0.05, 0.1) is 10.8 Å². The number of nitrogens with one attached hydrogen (secondary N) is 1. The molecule has 0 spiro atoms. The molecule has 1 aliphatic rings. The minimum Gasteiger partial charge on any atom is -0.351 e. The number of benzene rings is 3. The highest BCUT2D eigenvalue weighted by Gasteiger charge is 2.42. The van der Waals surface area contributed by atoms with Crippen LogP contribution in [0.1, 0.15) is 16.7 Å². The van der Waals surface area contributed by atoms with Crippen molar-refractivity contribution in [1.82, 2.24) is 5.32 Å². The predicted octanol–water partition coefficient (Wildman–Crippen LogP) is 6.14. The number of hydrogen-bond acceptors (Lipinski definition) is 4. The maximum Gasteiger partial charge on any atom is 0.416 e. The Hall–Kier alpha value is -3.74. The van der Waals surface area contributed by atoms with Gasteiger partial charge in [-0.05, 0) is 54.3 Å². The summed E-state index contributed by atoms with van der Waals surface area (Å²) >= 11 is 6.87. The van der Waals surface area contributed by atoms with Crippen LogP contribution in [-0.4, -0.2) is 23.6 Å². The van der Waals surface area contributed by atoms with Crippen molar-refractivity contribution in [2.24, 2.45) is 0 Å². The number of hydrogen-bond donors (Lipinski definition) is 1. The third-order valence-electron chi connectivity index (χ3n) is 5.84. The second-order valence-corrected chi connectivity index (χ2v) is 10.0. The SMILES string of the molecule is N#C/C(C(=O)NCCc1ccccc1)=C1/S[C@H](Cc2cc(Cl)ccc2C(F)(F)F)C(=O)N1c1ccccc1. The normalized spacial score (nSPS) is 16.8. The van der Waals surface area contributed by atoms with Gasteiger partial charge in [-0.25, -0.2) is 0 Å². The molecule has 194 valence electrons. The lowest BCUT2D eigenvalue weighted by Gasteiger charge is -2.19. The standard InChI is InChI=1S/C28H21ClF3N3O2S/c29-20-11-12-23(28(30,31)32)19(15-20)16-24-26(37)35(21-9-5-2-6-10-21)27(38-24)22(17-33)25(36)34-14-13-18-7-3-1-4-8-18/h1-12,15,24H,13-14,16H2,(H,34,36)/b27-22-/t24-/m1/s1. The molecule has 3 aromatic carbocycles. The molecular formula is C28H21ClF3N3O2S. The topological polar surface area (TPSA) is 73.2 Å². The summed E-state index contributed by atoms with van der Waals surface area (Å²) in [6.07, 6.45) is -4.40. The zero-order chi connectivity index (χ0) is 27.3. The fourth-order valence-corrected chi connectivity index (χ4v) is 5.55. The van der Waals surface area contributed by atoms with E-state index in [2.05, 4.69) is 5.32 Å². The van der Waals surface area contributed by atoms with E-state index in [4.69, 9.17) is 11.6 Å². The molecule has 4 rings (SSSR count). The second-order valence-electron chi connectivity index (χ2n) is 8.40. The second kappa shape index (κ2) is 11.8. The molecule has 0 bridgehead atoms. The highest BCUT2D eigenvalue weighted by Crippen LogP contribution is 2.43. The van der Waals surface area contributed by atoms with Gasteiger partial charge in [-0.15, -0.1) is 0 Å². The number of anilines is 1. The molecule has 0 aromatic heterocycles. The fourth-order valence-electron chi connectivity index (χ4n) is 4.06. The van der Waals surface area contributed by atoms with Crippen molar-refractivity contribution < 1.29 is 22.8 Å². The van der Waals surface area contributed by atoms with Gasteiger partial charge in [0, 0.05) is 17.3 Å². The van der Waals surface area contributed by atoms with Gasteiger partial charge in [-0.3, -0.25) is 14.5 Å². The van der Waals surface area contributed by atoms with Crippen LogP contribution in [-0.2, 0) is 28.6 Å². The molecule has 0 radical (unpaired) electrons. The zero-order valence-corrected chi connectivity index (χ0v) is 21.4. The Kier molecular flexibility index (Phi) is 8.45. The van der Waals surface area contributed by atoms with Crippen LogP contribution in [0, 0.1) is 11.3 Å². The van der Waals surface area contributed by atoms with Gasteiger partial charge in [-0.2, -0.15) is 18.4 Å². The molecule has 1 saturated heterocycles. The van der Waals surface area contributed by atoms with Gasteiger partial charge in [0.15, 0.2) is 0 Å². The van der Waals surface area contributed by atoms with Crippen LogP contribution in [0.2, 0.25) is 5.02 Å². The molecule has 0 saturated carbocycles. The minimum atomic E-state index is -4.64. The monoisotopic (exact) mass is 555 g/mol. The lowest BCUT2D eigenvalue weighted by molar-refractivity contribution is -0.138. The van der Waals surface area contributed by atoms with Crippen LogP contribution in [0.3, 0.4) is 0 Å². The first kappa shape index (κ1) is 27.3. The molecule has 2 amide bonds. The Labute approximate surface area is 226 Å². The van der Waals surface area contributed by atoms with E-state index in [0.717, 1.165) is 29.5 Å². The summed E-state index contributed by atoms with van der Waals surface area (Å²) in [5.74, 6) is -1.20. The van der Waals surface area contributed by atoms with E-state index < -0.39 is 28.8 Å². The van der Waals surface area contributed by atoms with Gasteiger partial charge in [0.1, 0.15) is 16.7 Å². The number of rotatable bonds is 7. The Morgan fingerprint density at radius 1 is 1.05 bits per heavy atom. The van der Waals surface area contributed by atoms with Crippen molar-refractivity contribution in [1.29, 1.82) is 5.26 Å². The summed E-state index contributed by atoms with van der Waals surface area (Å²) in [6, 6.07) is 22.9. The number of nitrogens with zero attached hydrogens (tertiary/aromatic N) is 2. The molecular weight excluding hydrogens is 535 g/mol. The maximum absolute atomic E-state index is 13.6. The summed E-state index contributed by atoms with van der Waals surface area (Å²) in [7, 11) is 0. The maximum atomic E-state index is 13.6. The van der Waals surface area contributed by atoms with Crippen molar-refractivity contribution >= 4 is 40.9 Å². The average Bonchev–Trinajstić information content (AvgIpc) is 3.20. The number of amides is 2. The highest BCUT2D eigenvalue weighted by molar-refractivity contribution is 8.05. The molecule has 0 aliphatic carbocycles. The van der Waals surface area contributed by atoms with E-state index in [1.54, 1.807) is 30.3 Å². The van der Waals surface area contributed by atoms with Crippen molar-refractivity contribution in [3.63, 3.8) is 0 Å². The van der Waals surface area contributed by atoms with E-state index in [9.17, 15) is 28.0 Å². The van der Waals surface area contributed by atoms with Gasteiger partial charge in [-0.1, -0.05) is 71.9 Å². The number of carbonyl (C=O) groups is 2. The van der Waals surface area contributed by atoms with Crippen LogP contribution >= 0.6 is 23.4 Å². The molecule has 3 aromatic rings. The molecule has 1 atom stereocenters. The van der Waals surface area contributed by atoms with E-state index >= 15 is 0 Å². The van der Waals surface area contributed by atoms with Gasteiger partial charge >= 0.3 is 6.18 Å². The molecule has 1 fully saturated rings. The Balaban J connectivity index is 1.65. The summed E-state index contributed by atoms with van der Waals surface area (Å²) in [6.45, 7) is 0.256. The van der Waals surface area contributed by atoms with Crippen molar-refractivity contribution in [3.05, 3.63) is 111 Å². The molecule has 1 heterocycles. The first-order chi connectivity index (χ1) is 18.2. The minimum absolute atomic E-state index is 0.0708. The quantitative estimate of drug-likeness (QED) is 0.281. The number of thioether (sulfide) groups is 1. The van der Waals surface area contributed by atoms with Gasteiger partial charge in [0.25, 0.3) is 5.91 Å². The van der Waals surface area contributed by atoms with E-state index in [1.165, 1.54) is 11.0 Å². The van der Waals surface area contributed by atoms with Gasteiger partial charge < -0.3 is 5.32 Å². The first-order valence-electron chi connectivity index (χ1n) is 11.6. The first-order valence-corrected chi connectivity index (χ1v) is 12.8. The number of para-hydroxylation sites is 1. The molecule has 1 aliphatic heterocycles. The molecule has 10 heteroatoms. The number of alkyl halides is 3. The molecule has 38 heavy (non-hydrogen) atoms. The summed E-state index contributed by atoms with van der Waals surface area (Å²) in [5.41, 5.74) is 0.0748. The Morgan fingerprint density at radius 3 is 2.34 bits per heavy atom. The highest BCUT2D eigenvalue weighted by atomic mass is 35.5. The number of nitriles is 1. The Bertz CT molecular complexity index is 1410. The van der Waals surface area contributed by atoms with Crippen molar-refractivity contribution in [3.8, 4) is 6.07 Å². The number of halogens is 4. The fraction of sp³-hybridized carbons (Fsp3) is 0.179. The lowest BCUT2D eigenvalue weighted by Crippen LogP contribution is -2.32. The van der Waals surface area contributed by atoms with Crippen molar-refractivity contribution in [2.75, 3.05) is 11.4 Å². The third-order valence-corrected chi connectivity index (χ3v) is 7.34. The summed E-state index contributed by atoms with van der Waals surface area (Å²) < 4.78 is 40.9.